The average Bonchev–Trinajstić information content (AvgIpc) is 2.55. The molecule has 0 unspecified atom stereocenters. The van der Waals surface area contributed by atoms with Crippen molar-refractivity contribution >= 4 is 11.4 Å². The standard InChI is InChI=1S/C18H24N2O/c1-3-20(4-2)17-12-10-16(11-13-17)19-14-15-21-18-8-6-5-7-9-18/h5-13,19H,3-4,14-15H2,1-2H3. The zero-order valence-electron chi connectivity index (χ0n) is 12.9. The molecule has 1 N–H and O–H groups in total. The van der Waals surface area contributed by atoms with Gasteiger partial charge in [0.05, 0.1) is 0 Å². The van der Waals surface area contributed by atoms with Gasteiger partial charge in [0.2, 0.25) is 0 Å². The molecule has 21 heavy (non-hydrogen) atoms. The van der Waals surface area contributed by atoms with Crippen molar-refractivity contribution in [1.29, 1.82) is 0 Å². The zero-order valence-corrected chi connectivity index (χ0v) is 12.9. The van der Waals surface area contributed by atoms with Crippen molar-refractivity contribution in [1.82, 2.24) is 0 Å². The fourth-order valence-electron chi connectivity index (χ4n) is 2.26. The average molecular weight is 284 g/mol. The minimum Gasteiger partial charge on any atom is -0.492 e. The number of para-hydroxylation sites is 1. The summed E-state index contributed by atoms with van der Waals surface area (Å²) in [4.78, 5) is 2.34. The summed E-state index contributed by atoms with van der Waals surface area (Å²) in [7, 11) is 0. The molecule has 2 rings (SSSR count). The molecule has 0 saturated carbocycles. The molecule has 3 nitrogen and oxygen atoms in total. The molecule has 0 aliphatic heterocycles. The lowest BCUT2D eigenvalue weighted by Gasteiger charge is -2.21. The topological polar surface area (TPSA) is 24.5 Å². The highest BCUT2D eigenvalue weighted by Gasteiger charge is 2.01. The Morgan fingerprint density at radius 2 is 1.57 bits per heavy atom. The van der Waals surface area contributed by atoms with Gasteiger partial charge in [-0.2, -0.15) is 0 Å². The molecule has 3 heteroatoms. The van der Waals surface area contributed by atoms with Crippen LogP contribution in [0.3, 0.4) is 0 Å². The van der Waals surface area contributed by atoms with Gasteiger partial charge in [0.25, 0.3) is 0 Å². The first kappa shape index (κ1) is 15.2. The van der Waals surface area contributed by atoms with Crippen LogP contribution in [0.4, 0.5) is 11.4 Å². The summed E-state index contributed by atoms with van der Waals surface area (Å²) in [6.07, 6.45) is 0. The first-order chi connectivity index (χ1) is 10.3. The van der Waals surface area contributed by atoms with E-state index in [4.69, 9.17) is 4.74 Å². The van der Waals surface area contributed by atoms with Crippen LogP contribution in [0, 0.1) is 0 Å². The number of anilines is 2. The van der Waals surface area contributed by atoms with Gasteiger partial charge in [-0.1, -0.05) is 18.2 Å². The molecule has 0 aliphatic rings. The van der Waals surface area contributed by atoms with E-state index >= 15 is 0 Å². The van der Waals surface area contributed by atoms with Crippen molar-refractivity contribution in [2.24, 2.45) is 0 Å². The van der Waals surface area contributed by atoms with Gasteiger partial charge >= 0.3 is 0 Å². The second-order valence-corrected chi connectivity index (χ2v) is 4.81. The van der Waals surface area contributed by atoms with Gasteiger partial charge in [-0.25, -0.2) is 0 Å². The van der Waals surface area contributed by atoms with Crippen LogP contribution < -0.4 is 15.0 Å². The first-order valence-corrected chi connectivity index (χ1v) is 7.60. The predicted octanol–water partition coefficient (Wildman–Crippen LogP) is 4.02. The van der Waals surface area contributed by atoms with Crippen LogP contribution in [0.25, 0.3) is 0 Å². The Labute approximate surface area is 127 Å². The molecule has 0 aliphatic carbocycles. The van der Waals surface area contributed by atoms with Gasteiger partial charge in [-0.05, 0) is 50.2 Å². The third-order valence-electron chi connectivity index (χ3n) is 3.44. The SMILES string of the molecule is CCN(CC)c1ccc(NCCOc2ccccc2)cc1. The Kier molecular flexibility index (Phi) is 5.95. The minimum absolute atomic E-state index is 0.655. The summed E-state index contributed by atoms with van der Waals surface area (Å²) in [6.45, 7) is 7.87. The highest BCUT2D eigenvalue weighted by Crippen LogP contribution is 2.17. The van der Waals surface area contributed by atoms with Gasteiger partial charge in [0.1, 0.15) is 12.4 Å². The highest BCUT2D eigenvalue weighted by atomic mass is 16.5. The second-order valence-electron chi connectivity index (χ2n) is 4.81. The van der Waals surface area contributed by atoms with Crippen molar-refractivity contribution in [3.8, 4) is 5.75 Å². The van der Waals surface area contributed by atoms with E-state index in [-0.39, 0.29) is 0 Å². The lowest BCUT2D eigenvalue weighted by molar-refractivity contribution is 0.333. The Balaban J connectivity index is 1.76. The number of hydrogen-bond donors (Lipinski definition) is 1. The number of rotatable bonds is 8. The van der Waals surface area contributed by atoms with Crippen LogP contribution in [-0.2, 0) is 0 Å². The molecule has 112 valence electrons. The predicted molar refractivity (Wildman–Crippen MR) is 90.4 cm³/mol. The van der Waals surface area contributed by atoms with Gasteiger partial charge in [-0.3, -0.25) is 0 Å². The van der Waals surface area contributed by atoms with Gasteiger partial charge in [-0.15, -0.1) is 0 Å². The number of hydrogen-bond acceptors (Lipinski definition) is 3. The van der Waals surface area contributed by atoms with Crippen molar-refractivity contribution in [2.75, 3.05) is 36.5 Å². The molecule has 0 amide bonds. The van der Waals surface area contributed by atoms with Crippen molar-refractivity contribution in [3.05, 3.63) is 54.6 Å². The Hall–Kier alpha value is -2.16. The largest absolute Gasteiger partial charge is 0.492 e. The number of nitrogens with zero attached hydrogens (tertiary/aromatic N) is 1. The highest BCUT2D eigenvalue weighted by molar-refractivity contribution is 5.55. The van der Waals surface area contributed by atoms with Gasteiger partial charge in [0.15, 0.2) is 0 Å². The lowest BCUT2D eigenvalue weighted by atomic mass is 10.2. The van der Waals surface area contributed by atoms with Crippen LogP contribution >= 0.6 is 0 Å². The summed E-state index contributed by atoms with van der Waals surface area (Å²) in [6, 6.07) is 18.5. The molecule has 0 bridgehead atoms. The van der Waals surface area contributed by atoms with E-state index in [0.717, 1.165) is 31.1 Å². The summed E-state index contributed by atoms with van der Waals surface area (Å²) >= 11 is 0. The van der Waals surface area contributed by atoms with E-state index in [0.29, 0.717) is 6.61 Å². The summed E-state index contributed by atoms with van der Waals surface area (Å²) in [5, 5.41) is 3.37. The van der Waals surface area contributed by atoms with E-state index in [1.165, 1.54) is 5.69 Å². The molecule has 0 heterocycles. The van der Waals surface area contributed by atoms with Gasteiger partial charge in [0, 0.05) is 31.0 Å². The van der Waals surface area contributed by atoms with Crippen LogP contribution in [0.1, 0.15) is 13.8 Å². The fourth-order valence-corrected chi connectivity index (χ4v) is 2.26. The van der Waals surface area contributed by atoms with Crippen LogP contribution in [-0.4, -0.2) is 26.2 Å². The third kappa shape index (κ3) is 4.71. The normalized spacial score (nSPS) is 10.2. The minimum atomic E-state index is 0.655. The van der Waals surface area contributed by atoms with Crippen molar-refractivity contribution in [3.63, 3.8) is 0 Å². The maximum absolute atomic E-state index is 5.65. The molecular formula is C18H24N2O. The van der Waals surface area contributed by atoms with E-state index in [1.807, 2.05) is 30.3 Å². The van der Waals surface area contributed by atoms with E-state index in [1.54, 1.807) is 0 Å². The zero-order chi connectivity index (χ0) is 14.9. The summed E-state index contributed by atoms with van der Waals surface area (Å²) in [5.41, 5.74) is 2.40. The molecule has 0 spiro atoms. The van der Waals surface area contributed by atoms with Crippen LogP contribution in [0.5, 0.6) is 5.75 Å². The molecular weight excluding hydrogens is 260 g/mol. The number of benzene rings is 2. The molecule has 0 aromatic heterocycles. The van der Waals surface area contributed by atoms with Crippen molar-refractivity contribution in [2.45, 2.75) is 13.8 Å². The molecule has 2 aromatic carbocycles. The van der Waals surface area contributed by atoms with Gasteiger partial charge < -0.3 is 15.0 Å². The quantitative estimate of drug-likeness (QED) is 0.741. The smallest absolute Gasteiger partial charge is 0.119 e. The first-order valence-electron chi connectivity index (χ1n) is 7.60. The van der Waals surface area contributed by atoms with E-state index in [2.05, 4.69) is 48.3 Å². The maximum Gasteiger partial charge on any atom is 0.119 e. The Bertz CT molecular complexity index is 507. The van der Waals surface area contributed by atoms with E-state index in [9.17, 15) is 0 Å². The number of ether oxygens (including phenoxy) is 1. The second kappa shape index (κ2) is 8.20. The van der Waals surface area contributed by atoms with Crippen molar-refractivity contribution < 1.29 is 4.74 Å². The molecule has 2 aromatic rings. The summed E-state index contributed by atoms with van der Waals surface area (Å²) < 4.78 is 5.65. The fraction of sp³-hybridized carbons (Fsp3) is 0.333. The molecule has 0 fully saturated rings. The lowest BCUT2D eigenvalue weighted by Crippen LogP contribution is -2.21. The molecule has 0 atom stereocenters. The van der Waals surface area contributed by atoms with Crippen LogP contribution in [0.15, 0.2) is 54.6 Å². The molecule has 0 saturated heterocycles. The summed E-state index contributed by atoms with van der Waals surface area (Å²) in [5.74, 6) is 0.913. The monoisotopic (exact) mass is 284 g/mol. The molecule has 0 radical (unpaired) electrons. The maximum atomic E-state index is 5.65. The third-order valence-corrected chi connectivity index (χ3v) is 3.44. The van der Waals surface area contributed by atoms with Crippen LogP contribution in [0.2, 0.25) is 0 Å². The number of nitrogens with one attached hydrogen (secondary N) is 1. The van der Waals surface area contributed by atoms with E-state index < -0.39 is 0 Å². The Morgan fingerprint density at radius 1 is 0.905 bits per heavy atom. The Morgan fingerprint density at radius 3 is 2.19 bits per heavy atom.